The first-order chi connectivity index (χ1) is 9.30. The maximum atomic E-state index is 5.60. The summed E-state index contributed by atoms with van der Waals surface area (Å²) in [6, 6.07) is 1.14. The molecule has 0 bridgehead atoms. The largest absolute Gasteiger partial charge is 0.383 e. The molecule has 1 fully saturated rings. The van der Waals surface area contributed by atoms with Crippen molar-refractivity contribution in [2.75, 3.05) is 39.9 Å². The van der Waals surface area contributed by atoms with Crippen molar-refractivity contribution in [1.29, 1.82) is 0 Å². The van der Waals surface area contributed by atoms with Crippen LogP contribution in [0.15, 0.2) is 0 Å². The highest BCUT2D eigenvalue weighted by Crippen LogP contribution is 2.13. The molecule has 19 heavy (non-hydrogen) atoms. The number of hydrogen-bond donors (Lipinski definition) is 2. The second kappa shape index (κ2) is 10.6. The monoisotopic (exact) mass is 271 g/mol. The Morgan fingerprint density at radius 2 is 2.05 bits per heavy atom. The molecule has 0 aromatic carbocycles. The lowest BCUT2D eigenvalue weighted by Crippen LogP contribution is -2.47. The van der Waals surface area contributed by atoms with E-state index in [0.29, 0.717) is 12.1 Å². The third kappa shape index (κ3) is 7.25. The van der Waals surface area contributed by atoms with Crippen molar-refractivity contribution in [2.24, 2.45) is 5.73 Å². The molecule has 0 aromatic rings. The number of nitrogens with zero attached hydrogens (tertiary/aromatic N) is 1. The van der Waals surface area contributed by atoms with Crippen LogP contribution in [0.3, 0.4) is 0 Å². The molecule has 1 saturated heterocycles. The van der Waals surface area contributed by atoms with Gasteiger partial charge < -0.3 is 20.7 Å². The molecule has 3 N–H and O–H groups in total. The summed E-state index contributed by atoms with van der Waals surface area (Å²) < 4.78 is 5.30. The van der Waals surface area contributed by atoms with Gasteiger partial charge in [-0.15, -0.1) is 0 Å². The average molecular weight is 271 g/mol. The van der Waals surface area contributed by atoms with Gasteiger partial charge in [0.2, 0.25) is 0 Å². The Morgan fingerprint density at radius 1 is 1.32 bits per heavy atom. The number of likely N-dealkylation sites (tertiary alicyclic amines) is 1. The maximum absolute atomic E-state index is 5.60. The van der Waals surface area contributed by atoms with Gasteiger partial charge in [0.25, 0.3) is 0 Å². The van der Waals surface area contributed by atoms with E-state index in [1.807, 2.05) is 0 Å². The summed E-state index contributed by atoms with van der Waals surface area (Å²) in [6.07, 6.45) is 7.38. The zero-order valence-electron chi connectivity index (χ0n) is 12.9. The maximum Gasteiger partial charge on any atom is 0.0615 e. The van der Waals surface area contributed by atoms with Gasteiger partial charge in [-0.25, -0.2) is 0 Å². The fourth-order valence-electron chi connectivity index (χ4n) is 2.82. The van der Waals surface area contributed by atoms with Crippen molar-refractivity contribution in [3.8, 4) is 0 Å². The van der Waals surface area contributed by atoms with Crippen molar-refractivity contribution < 1.29 is 4.74 Å². The summed E-state index contributed by atoms with van der Waals surface area (Å²) in [5.41, 5.74) is 5.60. The average Bonchev–Trinajstić information content (AvgIpc) is 2.44. The Morgan fingerprint density at radius 3 is 2.63 bits per heavy atom. The third-order valence-corrected chi connectivity index (χ3v) is 4.01. The summed E-state index contributed by atoms with van der Waals surface area (Å²) in [7, 11) is 1.78. The van der Waals surface area contributed by atoms with E-state index in [0.717, 1.165) is 26.0 Å². The topological polar surface area (TPSA) is 50.5 Å². The number of methoxy groups -OCH3 is 1. The van der Waals surface area contributed by atoms with E-state index in [1.54, 1.807) is 7.11 Å². The van der Waals surface area contributed by atoms with Crippen LogP contribution >= 0.6 is 0 Å². The van der Waals surface area contributed by atoms with Crippen LogP contribution in [-0.2, 0) is 4.74 Å². The first-order valence-corrected chi connectivity index (χ1v) is 7.97. The number of nitrogens with one attached hydrogen (secondary N) is 1. The summed E-state index contributed by atoms with van der Waals surface area (Å²) in [5, 5.41) is 3.76. The van der Waals surface area contributed by atoms with Crippen LogP contribution < -0.4 is 11.1 Å². The molecule has 1 rings (SSSR count). The molecule has 0 saturated carbocycles. The van der Waals surface area contributed by atoms with Crippen LogP contribution in [0.4, 0.5) is 0 Å². The first-order valence-electron chi connectivity index (χ1n) is 7.97. The Bertz CT molecular complexity index is 206. The first kappa shape index (κ1) is 16.9. The highest BCUT2D eigenvalue weighted by Gasteiger charge is 2.21. The van der Waals surface area contributed by atoms with Crippen LogP contribution in [0.5, 0.6) is 0 Å². The van der Waals surface area contributed by atoms with Gasteiger partial charge in [0.1, 0.15) is 0 Å². The molecule has 0 radical (unpaired) electrons. The molecule has 4 nitrogen and oxygen atoms in total. The van der Waals surface area contributed by atoms with Crippen molar-refractivity contribution >= 4 is 0 Å². The van der Waals surface area contributed by atoms with E-state index in [4.69, 9.17) is 10.5 Å². The molecule has 1 atom stereocenters. The van der Waals surface area contributed by atoms with E-state index in [2.05, 4.69) is 17.1 Å². The lowest BCUT2D eigenvalue weighted by atomic mass is 10.0. The minimum absolute atomic E-state index is 0.473. The van der Waals surface area contributed by atoms with Crippen LogP contribution in [0.2, 0.25) is 0 Å². The quantitative estimate of drug-likeness (QED) is 0.633. The molecule has 1 unspecified atom stereocenters. The number of unbranched alkanes of at least 4 members (excludes halogenated alkanes) is 1. The summed E-state index contributed by atoms with van der Waals surface area (Å²) in [5.74, 6) is 0. The van der Waals surface area contributed by atoms with Gasteiger partial charge in [0, 0.05) is 19.2 Å². The molecule has 114 valence electrons. The van der Waals surface area contributed by atoms with Crippen molar-refractivity contribution in [1.82, 2.24) is 10.2 Å². The standard InChI is InChI=1S/C15H33N3O/c1-3-4-10-18-11-7-14(8-12-18)17-15(13-19-2)6-5-9-16/h14-15,17H,3-13,16H2,1-2H3. The van der Waals surface area contributed by atoms with E-state index >= 15 is 0 Å². The molecule has 1 aliphatic heterocycles. The zero-order chi connectivity index (χ0) is 13.9. The third-order valence-electron chi connectivity index (χ3n) is 4.01. The minimum Gasteiger partial charge on any atom is -0.383 e. The van der Waals surface area contributed by atoms with E-state index in [-0.39, 0.29) is 0 Å². The van der Waals surface area contributed by atoms with Gasteiger partial charge in [-0.2, -0.15) is 0 Å². The SMILES string of the molecule is CCCCN1CCC(NC(CCCN)COC)CC1. The zero-order valence-corrected chi connectivity index (χ0v) is 12.9. The number of hydrogen-bond acceptors (Lipinski definition) is 4. The molecule has 0 aromatic heterocycles. The molecule has 1 heterocycles. The van der Waals surface area contributed by atoms with Crippen molar-refractivity contribution in [3.63, 3.8) is 0 Å². The van der Waals surface area contributed by atoms with E-state index in [1.165, 1.54) is 45.3 Å². The Kier molecular flexibility index (Phi) is 9.43. The van der Waals surface area contributed by atoms with Crippen molar-refractivity contribution in [2.45, 2.75) is 57.5 Å². The van der Waals surface area contributed by atoms with Gasteiger partial charge in [-0.05, 0) is 58.3 Å². The predicted molar refractivity (Wildman–Crippen MR) is 81.5 cm³/mol. The predicted octanol–water partition coefficient (Wildman–Crippen LogP) is 1.59. The molecule has 1 aliphatic rings. The van der Waals surface area contributed by atoms with Crippen LogP contribution in [0.1, 0.15) is 45.4 Å². The van der Waals surface area contributed by atoms with Crippen LogP contribution in [0, 0.1) is 0 Å². The summed E-state index contributed by atoms with van der Waals surface area (Å²) in [6.45, 7) is 7.61. The van der Waals surface area contributed by atoms with E-state index in [9.17, 15) is 0 Å². The van der Waals surface area contributed by atoms with Gasteiger partial charge in [0.05, 0.1) is 6.61 Å². The van der Waals surface area contributed by atoms with Gasteiger partial charge >= 0.3 is 0 Å². The molecule has 0 spiro atoms. The Hall–Kier alpha value is -0.160. The number of piperidine rings is 1. The van der Waals surface area contributed by atoms with Gasteiger partial charge in [-0.1, -0.05) is 13.3 Å². The number of nitrogens with two attached hydrogens (primary N) is 1. The molecule has 0 aliphatic carbocycles. The van der Waals surface area contributed by atoms with Gasteiger partial charge in [0.15, 0.2) is 0 Å². The minimum atomic E-state index is 0.473. The van der Waals surface area contributed by atoms with Crippen LogP contribution in [-0.4, -0.2) is 56.9 Å². The van der Waals surface area contributed by atoms with Crippen LogP contribution in [0.25, 0.3) is 0 Å². The second-order valence-electron chi connectivity index (χ2n) is 5.72. The fourth-order valence-corrected chi connectivity index (χ4v) is 2.82. The normalized spacial score (nSPS) is 19.7. The smallest absolute Gasteiger partial charge is 0.0615 e. The fraction of sp³-hybridized carbons (Fsp3) is 1.00. The Labute approximate surface area is 119 Å². The molecule has 0 amide bonds. The van der Waals surface area contributed by atoms with Crippen molar-refractivity contribution in [3.05, 3.63) is 0 Å². The highest BCUT2D eigenvalue weighted by molar-refractivity contribution is 4.80. The number of rotatable bonds is 10. The number of ether oxygens (including phenoxy) is 1. The lowest BCUT2D eigenvalue weighted by molar-refractivity contribution is 0.137. The molecule has 4 heteroatoms. The highest BCUT2D eigenvalue weighted by atomic mass is 16.5. The summed E-state index contributed by atoms with van der Waals surface area (Å²) in [4.78, 5) is 2.60. The molecular formula is C15H33N3O. The lowest BCUT2D eigenvalue weighted by Gasteiger charge is -2.34. The van der Waals surface area contributed by atoms with E-state index < -0.39 is 0 Å². The summed E-state index contributed by atoms with van der Waals surface area (Å²) >= 11 is 0. The van der Waals surface area contributed by atoms with Gasteiger partial charge in [-0.3, -0.25) is 0 Å². The Balaban J connectivity index is 2.21. The molecular weight excluding hydrogens is 238 g/mol. The second-order valence-corrected chi connectivity index (χ2v) is 5.72.